The van der Waals surface area contributed by atoms with E-state index >= 15 is 0 Å². The van der Waals surface area contributed by atoms with Crippen molar-refractivity contribution in [2.45, 2.75) is 0 Å². The zero-order chi connectivity index (χ0) is 12.5. The second-order valence-corrected chi connectivity index (χ2v) is 4.27. The smallest absolute Gasteiger partial charge is 0.238 e. The van der Waals surface area contributed by atoms with Gasteiger partial charge in [0.05, 0.1) is 11.1 Å². The third-order valence-corrected chi connectivity index (χ3v) is 2.87. The number of nitrogens with zero attached hydrogens (tertiary/aromatic N) is 7. The highest BCUT2D eigenvalue weighted by Crippen LogP contribution is 2.20. The van der Waals surface area contributed by atoms with Crippen molar-refractivity contribution in [3.8, 4) is 0 Å². The van der Waals surface area contributed by atoms with Gasteiger partial charge in [0.1, 0.15) is 11.0 Å². The molecule has 9 nitrogen and oxygen atoms in total. The van der Waals surface area contributed by atoms with Crippen LogP contribution in [0.15, 0.2) is 22.7 Å². The quantitative estimate of drug-likeness (QED) is 0.345. The molecule has 1 aromatic heterocycles. The standard InChI is InChI=1S/C7H3N7O2S/c1-9-5-2-3-7-6(4-5)10-12-14(7)17(15,16)13-11-8/h2-4H. The van der Waals surface area contributed by atoms with Crippen LogP contribution < -0.4 is 0 Å². The van der Waals surface area contributed by atoms with Gasteiger partial charge < -0.3 is 0 Å². The summed E-state index contributed by atoms with van der Waals surface area (Å²) in [6, 6.07) is 4.17. The van der Waals surface area contributed by atoms with Gasteiger partial charge in [-0.25, -0.2) is 4.85 Å². The second-order valence-electron chi connectivity index (χ2n) is 2.87. The average Bonchev–Trinajstić information content (AvgIpc) is 2.72. The van der Waals surface area contributed by atoms with Crippen molar-refractivity contribution in [2.24, 2.45) is 4.52 Å². The molecule has 0 bridgehead atoms. The molecule has 17 heavy (non-hydrogen) atoms. The van der Waals surface area contributed by atoms with E-state index in [0.717, 1.165) is 0 Å². The van der Waals surface area contributed by atoms with E-state index in [1.54, 1.807) is 0 Å². The van der Waals surface area contributed by atoms with Crippen LogP contribution in [0.5, 0.6) is 0 Å². The Morgan fingerprint density at radius 3 is 2.88 bits per heavy atom. The molecule has 84 valence electrons. The minimum absolute atomic E-state index is 0.143. The molecular formula is C7H3N7O2S. The first kappa shape index (κ1) is 10.9. The molecule has 0 unspecified atom stereocenters. The Morgan fingerprint density at radius 2 is 2.24 bits per heavy atom. The highest BCUT2D eigenvalue weighted by Gasteiger charge is 2.16. The van der Waals surface area contributed by atoms with Crippen LogP contribution in [0.3, 0.4) is 0 Å². The summed E-state index contributed by atoms with van der Waals surface area (Å²) < 4.78 is 26.0. The van der Waals surface area contributed by atoms with E-state index in [1.807, 2.05) is 0 Å². The van der Waals surface area contributed by atoms with Gasteiger partial charge in [-0.1, -0.05) is 11.3 Å². The first-order valence-corrected chi connectivity index (χ1v) is 5.53. The Bertz CT molecular complexity index is 778. The second kappa shape index (κ2) is 3.75. The van der Waals surface area contributed by atoms with Crippen LogP contribution in [0.25, 0.3) is 26.3 Å². The molecule has 10 heteroatoms. The minimum Gasteiger partial charge on any atom is -0.238 e. The SMILES string of the molecule is [C-]#[N+]c1ccc2c(c1)nnn2S(=O)(=O)N=[N+]=[N-]. The normalized spacial score (nSPS) is 10.8. The van der Waals surface area contributed by atoms with E-state index in [0.29, 0.717) is 9.77 Å². The maximum atomic E-state index is 11.4. The molecule has 0 saturated carbocycles. The molecule has 0 amide bonds. The van der Waals surface area contributed by atoms with Crippen LogP contribution in [0, 0.1) is 6.57 Å². The van der Waals surface area contributed by atoms with Crippen LogP contribution in [-0.2, 0) is 10.2 Å². The minimum atomic E-state index is -4.24. The summed E-state index contributed by atoms with van der Waals surface area (Å²) in [5.74, 6) is 0. The van der Waals surface area contributed by atoms with Gasteiger partial charge in [0.2, 0.25) is 0 Å². The maximum absolute atomic E-state index is 11.4. The fraction of sp³-hybridized carbons (Fsp3) is 0. The molecule has 1 heterocycles. The highest BCUT2D eigenvalue weighted by molar-refractivity contribution is 7.88. The molecule has 0 aliphatic carbocycles. The lowest BCUT2D eigenvalue weighted by Gasteiger charge is -1.96. The van der Waals surface area contributed by atoms with Crippen molar-refractivity contribution in [1.82, 2.24) is 14.4 Å². The predicted molar refractivity (Wildman–Crippen MR) is 57.3 cm³/mol. The molecule has 0 atom stereocenters. The summed E-state index contributed by atoms with van der Waals surface area (Å²) in [4.78, 5) is 5.37. The Balaban J connectivity index is 2.75. The van der Waals surface area contributed by atoms with E-state index in [4.69, 9.17) is 12.1 Å². The van der Waals surface area contributed by atoms with Crippen molar-refractivity contribution < 1.29 is 8.42 Å². The lowest BCUT2D eigenvalue weighted by molar-refractivity contribution is 0.581. The van der Waals surface area contributed by atoms with Crippen molar-refractivity contribution in [1.29, 1.82) is 0 Å². The molecule has 0 saturated heterocycles. The van der Waals surface area contributed by atoms with Crippen LogP contribution >= 0.6 is 0 Å². The largest absolute Gasteiger partial charge is 0.345 e. The molecule has 1 aromatic carbocycles. The van der Waals surface area contributed by atoms with Gasteiger partial charge in [-0.3, -0.25) is 0 Å². The Labute approximate surface area is 94.9 Å². The molecular weight excluding hydrogens is 246 g/mol. The van der Waals surface area contributed by atoms with Crippen molar-refractivity contribution in [3.63, 3.8) is 0 Å². The van der Waals surface area contributed by atoms with E-state index < -0.39 is 10.2 Å². The number of fused-ring (bicyclic) bond motifs is 1. The number of aromatic nitrogens is 3. The van der Waals surface area contributed by atoms with Gasteiger partial charge in [0.15, 0.2) is 5.69 Å². The van der Waals surface area contributed by atoms with Crippen molar-refractivity contribution in [2.75, 3.05) is 0 Å². The van der Waals surface area contributed by atoms with Gasteiger partial charge in [-0.05, 0) is 17.7 Å². The van der Waals surface area contributed by atoms with E-state index in [1.165, 1.54) is 18.2 Å². The predicted octanol–water partition coefficient (Wildman–Crippen LogP) is 1.39. The number of hydrogen-bond donors (Lipinski definition) is 0. The van der Waals surface area contributed by atoms with Gasteiger partial charge in [-0.2, -0.15) is 8.42 Å². The summed E-state index contributed by atoms with van der Waals surface area (Å²) in [5.41, 5.74) is 8.82. The topological polar surface area (TPSA) is 118 Å². The molecule has 2 aromatic rings. The molecule has 0 spiro atoms. The summed E-state index contributed by atoms with van der Waals surface area (Å²) >= 11 is 0. The summed E-state index contributed by atoms with van der Waals surface area (Å²) in [5, 5.41) is 6.95. The van der Waals surface area contributed by atoms with Gasteiger partial charge in [0.25, 0.3) is 0 Å². The highest BCUT2D eigenvalue weighted by atomic mass is 32.2. The molecule has 0 N–H and O–H groups in total. The van der Waals surface area contributed by atoms with E-state index in [2.05, 4.69) is 24.6 Å². The van der Waals surface area contributed by atoms with Gasteiger partial charge in [0, 0.05) is 4.91 Å². The monoisotopic (exact) mass is 249 g/mol. The van der Waals surface area contributed by atoms with Crippen LogP contribution in [0.1, 0.15) is 0 Å². The number of hydrogen-bond acceptors (Lipinski definition) is 4. The fourth-order valence-corrected chi connectivity index (χ4v) is 1.90. The third kappa shape index (κ3) is 1.76. The zero-order valence-electron chi connectivity index (χ0n) is 8.09. The number of benzene rings is 1. The summed E-state index contributed by atoms with van der Waals surface area (Å²) in [7, 11) is -4.24. The molecule has 2 rings (SSSR count). The van der Waals surface area contributed by atoms with Gasteiger partial charge >= 0.3 is 10.2 Å². The summed E-state index contributed by atoms with van der Waals surface area (Å²) in [6.07, 6.45) is 0. The molecule has 0 radical (unpaired) electrons. The van der Waals surface area contributed by atoms with E-state index in [-0.39, 0.29) is 11.0 Å². The lowest BCUT2D eigenvalue weighted by Crippen LogP contribution is -2.10. The van der Waals surface area contributed by atoms with Crippen molar-refractivity contribution in [3.05, 3.63) is 40.1 Å². The Hall–Kier alpha value is -2.63. The fourth-order valence-electron chi connectivity index (χ4n) is 1.21. The lowest BCUT2D eigenvalue weighted by atomic mass is 10.3. The number of rotatable bonds is 2. The Kier molecular flexibility index (Phi) is 2.40. The Morgan fingerprint density at radius 1 is 1.47 bits per heavy atom. The van der Waals surface area contributed by atoms with E-state index in [9.17, 15) is 8.42 Å². The average molecular weight is 249 g/mol. The number of azide groups is 1. The van der Waals surface area contributed by atoms with Crippen LogP contribution in [0.4, 0.5) is 5.69 Å². The van der Waals surface area contributed by atoms with Crippen LogP contribution in [-0.4, -0.2) is 22.8 Å². The van der Waals surface area contributed by atoms with Crippen LogP contribution in [0.2, 0.25) is 0 Å². The molecule has 0 aliphatic heterocycles. The summed E-state index contributed by atoms with van der Waals surface area (Å²) in [6.45, 7) is 6.80. The third-order valence-electron chi connectivity index (χ3n) is 1.89. The first-order chi connectivity index (χ1) is 8.08. The zero-order valence-corrected chi connectivity index (χ0v) is 8.90. The van der Waals surface area contributed by atoms with Gasteiger partial charge in [-0.15, -0.1) is 9.19 Å². The maximum Gasteiger partial charge on any atom is 0.345 e. The molecule has 0 fully saturated rings. The van der Waals surface area contributed by atoms with Crippen molar-refractivity contribution >= 4 is 26.9 Å². The molecule has 0 aliphatic rings. The first-order valence-electron chi connectivity index (χ1n) is 4.13.